The van der Waals surface area contributed by atoms with E-state index in [0.29, 0.717) is 37.3 Å². The number of hydrogen-bond acceptors (Lipinski definition) is 2. The zero-order valence-corrected chi connectivity index (χ0v) is 9.53. The van der Waals surface area contributed by atoms with E-state index in [1.807, 2.05) is 0 Å². The first-order valence-corrected chi connectivity index (χ1v) is 4.48. The number of benzene rings is 1. The molecule has 68 valence electrons. The van der Waals surface area contributed by atoms with Crippen LogP contribution in [0.4, 0.5) is 13.2 Å². The van der Waals surface area contributed by atoms with E-state index in [-0.39, 0.29) is 5.56 Å². The van der Waals surface area contributed by atoms with E-state index in [9.17, 15) is 18.0 Å². The molecule has 6 heteroatoms. The van der Waals surface area contributed by atoms with Crippen molar-refractivity contribution in [2.75, 3.05) is 0 Å². The number of carbonyl (C=O) groups is 1. The molecular weight excluding hydrogens is 382 g/mol. The van der Waals surface area contributed by atoms with Crippen molar-refractivity contribution in [2.24, 2.45) is 0 Å². The summed E-state index contributed by atoms with van der Waals surface area (Å²) >= 11 is 0.302. The van der Waals surface area contributed by atoms with Crippen molar-refractivity contribution in [2.45, 2.75) is 0 Å². The summed E-state index contributed by atoms with van der Waals surface area (Å²) in [5.74, 6) is -5.27. The van der Waals surface area contributed by atoms with Gasteiger partial charge in [-0.15, -0.1) is 0 Å². The summed E-state index contributed by atoms with van der Waals surface area (Å²) in [5, 5.41) is 0. The van der Waals surface area contributed by atoms with Crippen molar-refractivity contribution in [3.63, 3.8) is 0 Å². The molecule has 0 saturated heterocycles. The second kappa shape index (κ2) is 4.05. The summed E-state index contributed by atoms with van der Waals surface area (Å²) in [6.45, 7) is 0. The third-order valence-corrected chi connectivity index (χ3v) is 1.95. The van der Waals surface area contributed by atoms with Crippen molar-refractivity contribution in [1.82, 2.24) is 0 Å². The summed E-state index contributed by atoms with van der Waals surface area (Å²) < 4.78 is 41.7. The molecule has 2 nitrogen and oxygen atoms in total. The minimum atomic E-state index is -1.59. The molecule has 0 amide bonds. The normalized spacial score (nSPS) is 9.85. The fourth-order valence-electron chi connectivity index (χ4n) is 0.726. The monoisotopic (exact) mass is 384 g/mol. The van der Waals surface area contributed by atoms with Crippen LogP contribution in [0.3, 0.4) is 0 Å². The molecule has 0 atom stereocenters. The Bertz CT molecular complexity index is 331. The molecule has 1 aromatic carbocycles. The average Bonchev–Trinajstić information content (AvgIpc) is 2.12. The summed E-state index contributed by atoms with van der Waals surface area (Å²) in [5.41, 5.74) is -0.334. The Morgan fingerprint density at radius 1 is 1.23 bits per heavy atom. The quantitative estimate of drug-likeness (QED) is 0.540. The van der Waals surface area contributed by atoms with Gasteiger partial charge in [0.1, 0.15) is 0 Å². The van der Waals surface area contributed by atoms with Crippen LogP contribution in [0.1, 0.15) is 10.4 Å². The Morgan fingerprint density at radius 3 is 2.08 bits per heavy atom. The van der Waals surface area contributed by atoms with Crippen LogP contribution < -0.4 is 0 Å². The molecule has 13 heavy (non-hydrogen) atoms. The van der Waals surface area contributed by atoms with Crippen LogP contribution in [-0.4, -0.2) is 31.1 Å². The van der Waals surface area contributed by atoms with E-state index in [1.54, 1.807) is 0 Å². The molecule has 0 fully saturated rings. The zero-order chi connectivity index (χ0) is 10.0. The Morgan fingerprint density at radius 2 is 1.69 bits per heavy atom. The van der Waals surface area contributed by atoms with Crippen LogP contribution in [0, 0.1) is 17.5 Å². The maximum atomic E-state index is 12.5. The molecule has 0 N–H and O–H groups in total. The molecule has 0 bridgehead atoms. The molecule has 1 aromatic rings. The van der Waals surface area contributed by atoms with Crippen molar-refractivity contribution in [3.05, 3.63) is 35.1 Å². The van der Waals surface area contributed by atoms with Crippen molar-refractivity contribution >= 4 is 31.1 Å². The average molecular weight is 384 g/mol. The third-order valence-electron chi connectivity index (χ3n) is 1.30. The minimum absolute atomic E-state index is 0.302. The van der Waals surface area contributed by atoms with Gasteiger partial charge in [0.25, 0.3) is 0 Å². The molecule has 0 spiro atoms. The van der Waals surface area contributed by atoms with E-state index in [1.165, 1.54) is 0 Å². The van der Waals surface area contributed by atoms with E-state index < -0.39 is 23.4 Å². The Labute approximate surface area is 87.2 Å². The topological polar surface area (TPSA) is 26.3 Å². The number of hydrogen-bond donors (Lipinski definition) is 0. The Kier molecular flexibility index (Phi) is 3.25. The molecule has 0 unspecified atom stereocenters. The van der Waals surface area contributed by atoms with E-state index in [2.05, 4.69) is 2.81 Å². The summed E-state index contributed by atoms with van der Waals surface area (Å²) in [4.78, 5) is 10.8. The fraction of sp³-hybridized carbons (Fsp3) is 0. The zero-order valence-electron chi connectivity index (χ0n) is 6.05. The van der Waals surface area contributed by atoms with Crippen LogP contribution >= 0.6 is 0 Å². The molecule has 0 aliphatic carbocycles. The standard InChI is InChI=1S/C7H3F3O2.Bi/c8-4-1-3(7(11)12)2-5(9)6(4)10;/h1-2H,(H,11,12);/q;+1/p-1. The van der Waals surface area contributed by atoms with Crippen LogP contribution in [0.15, 0.2) is 12.1 Å². The van der Waals surface area contributed by atoms with Gasteiger partial charge in [-0.1, -0.05) is 0 Å². The first-order chi connectivity index (χ1) is 6.06. The van der Waals surface area contributed by atoms with Gasteiger partial charge in [0, 0.05) is 0 Å². The maximum absolute atomic E-state index is 12.5. The summed E-state index contributed by atoms with van der Waals surface area (Å²) in [7, 11) is 0. The molecule has 2 radical (unpaired) electrons. The van der Waals surface area contributed by atoms with Crippen LogP contribution in [0.2, 0.25) is 0 Å². The van der Waals surface area contributed by atoms with Gasteiger partial charge in [0.2, 0.25) is 0 Å². The summed E-state index contributed by atoms with van der Waals surface area (Å²) in [6.07, 6.45) is 0. The second-order valence-corrected chi connectivity index (χ2v) is 2.84. The Hall–Kier alpha value is -0.637. The predicted molar refractivity (Wildman–Crippen MR) is 37.5 cm³/mol. The SMILES string of the molecule is O=C([O][Bi])c1cc(F)c(F)c(F)c1. The first-order valence-electron chi connectivity index (χ1n) is 3.06. The van der Waals surface area contributed by atoms with Gasteiger partial charge in [0.05, 0.1) is 0 Å². The Balaban J connectivity index is 3.20. The molecular formula is C7H2BiF3O2. The van der Waals surface area contributed by atoms with Gasteiger partial charge < -0.3 is 0 Å². The number of carbonyl (C=O) groups excluding carboxylic acids is 1. The molecule has 0 heterocycles. The molecule has 0 saturated carbocycles. The van der Waals surface area contributed by atoms with Gasteiger partial charge in [-0.25, -0.2) is 0 Å². The molecule has 1 rings (SSSR count). The van der Waals surface area contributed by atoms with Crippen molar-refractivity contribution < 1.29 is 20.8 Å². The third kappa shape index (κ3) is 2.18. The van der Waals surface area contributed by atoms with Crippen molar-refractivity contribution in [3.8, 4) is 0 Å². The number of halogens is 3. The molecule has 0 aliphatic heterocycles. The molecule has 0 aromatic heterocycles. The van der Waals surface area contributed by atoms with Crippen LogP contribution in [-0.2, 0) is 2.81 Å². The predicted octanol–water partition coefficient (Wildman–Crippen LogP) is 1.34. The van der Waals surface area contributed by atoms with Gasteiger partial charge in [-0.05, 0) is 0 Å². The van der Waals surface area contributed by atoms with Crippen LogP contribution in [0.5, 0.6) is 0 Å². The van der Waals surface area contributed by atoms with Gasteiger partial charge in [0.15, 0.2) is 0 Å². The van der Waals surface area contributed by atoms with E-state index >= 15 is 0 Å². The van der Waals surface area contributed by atoms with Crippen LogP contribution in [0.25, 0.3) is 0 Å². The van der Waals surface area contributed by atoms with Gasteiger partial charge in [-0.3, -0.25) is 0 Å². The van der Waals surface area contributed by atoms with Gasteiger partial charge in [-0.2, -0.15) is 0 Å². The van der Waals surface area contributed by atoms with Crippen molar-refractivity contribution in [1.29, 1.82) is 0 Å². The van der Waals surface area contributed by atoms with E-state index in [4.69, 9.17) is 0 Å². The first kappa shape index (κ1) is 10.4. The summed E-state index contributed by atoms with van der Waals surface area (Å²) in [6, 6.07) is 1.18. The fourth-order valence-corrected chi connectivity index (χ4v) is 1.14. The van der Waals surface area contributed by atoms with Gasteiger partial charge >= 0.3 is 87.1 Å². The molecule has 0 aliphatic rings. The second-order valence-electron chi connectivity index (χ2n) is 2.13. The number of rotatable bonds is 1. The van der Waals surface area contributed by atoms with E-state index in [0.717, 1.165) is 0 Å².